The molecular formula is C18H26BN3O5S. The van der Waals surface area contributed by atoms with Crippen LogP contribution in [0.15, 0.2) is 25.0 Å². The first-order valence-corrected chi connectivity index (χ1v) is 10.9. The van der Waals surface area contributed by atoms with Crippen LogP contribution in [0, 0.1) is 5.92 Å². The highest BCUT2D eigenvalue weighted by Gasteiger charge is 2.35. The summed E-state index contributed by atoms with van der Waals surface area (Å²) in [5.74, 6) is 0.656. The van der Waals surface area contributed by atoms with Crippen LogP contribution in [0.3, 0.4) is 0 Å². The van der Waals surface area contributed by atoms with E-state index in [2.05, 4.69) is 21.3 Å². The van der Waals surface area contributed by atoms with E-state index in [4.69, 9.17) is 9.39 Å². The number of H-pyrrole nitrogens is 1. The zero-order chi connectivity index (χ0) is 20.3. The minimum absolute atomic E-state index is 0.0592. The lowest BCUT2D eigenvalue weighted by atomic mass is 9.74. The highest BCUT2D eigenvalue weighted by Crippen LogP contribution is 2.43. The van der Waals surface area contributed by atoms with Crippen LogP contribution >= 0.6 is 0 Å². The lowest BCUT2D eigenvalue weighted by Crippen LogP contribution is -2.45. The number of methoxy groups -OCH3 is 1. The molecule has 152 valence electrons. The molecule has 2 aromatic heterocycles. The van der Waals surface area contributed by atoms with Crippen molar-refractivity contribution in [1.82, 2.24) is 14.7 Å². The molecule has 0 aromatic carbocycles. The molecule has 0 saturated heterocycles. The number of pyridine rings is 1. The monoisotopic (exact) mass is 407 g/mol. The van der Waals surface area contributed by atoms with E-state index in [1.165, 1.54) is 6.82 Å². The second-order valence-corrected chi connectivity index (χ2v) is 9.00. The second kappa shape index (κ2) is 8.65. The zero-order valence-electron chi connectivity index (χ0n) is 16.1. The normalized spacial score (nSPS) is 19.4. The molecule has 1 aliphatic carbocycles. The molecule has 1 saturated carbocycles. The third-order valence-corrected chi connectivity index (χ3v) is 6.43. The predicted octanol–water partition coefficient (Wildman–Crippen LogP) is 1.80. The topological polar surface area (TPSA) is 114 Å². The van der Waals surface area contributed by atoms with Gasteiger partial charge in [-0.25, -0.2) is 18.1 Å². The lowest BCUT2D eigenvalue weighted by molar-refractivity contribution is 0.199. The molecule has 8 nitrogen and oxygen atoms in total. The predicted molar refractivity (Wildman–Crippen MR) is 110 cm³/mol. The van der Waals surface area contributed by atoms with Crippen molar-refractivity contribution in [3.05, 3.63) is 30.6 Å². The molecule has 0 bridgehead atoms. The summed E-state index contributed by atoms with van der Waals surface area (Å²) in [7, 11) is -2.73. The molecule has 0 aliphatic heterocycles. The Kier molecular flexibility index (Phi) is 6.44. The fourth-order valence-electron chi connectivity index (χ4n) is 3.50. The maximum Gasteiger partial charge on any atom is 0.519 e. The SMILES string of the molecule is C=C(c1c(OB(C)O)cnc2[nH]ccc12)C1CC(NS(=O)(=O)CCCOC)C1. The van der Waals surface area contributed by atoms with Crippen LogP contribution in [0.1, 0.15) is 24.8 Å². The molecule has 3 N–H and O–H groups in total. The average Bonchev–Trinajstić information content (AvgIpc) is 3.05. The molecule has 10 heteroatoms. The summed E-state index contributed by atoms with van der Waals surface area (Å²) in [6.07, 6.45) is 5.17. The molecule has 3 rings (SSSR count). The van der Waals surface area contributed by atoms with Gasteiger partial charge in [0, 0.05) is 36.9 Å². The Morgan fingerprint density at radius 2 is 2.25 bits per heavy atom. The van der Waals surface area contributed by atoms with Gasteiger partial charge in [0.25, 0.3) is 0 Å². The Morgan fingerprint density at radius 3 is 2.93 bits per heavy atom. The summed E-state index contributed by atoms with van der Waals surface area (Å²) in [6, 6.07) is 1.80. The highest BCUT2D eigenvalue weighted by molar-refractivity contribution is 7.89. The largest absolute Gasteiger partial charge is 0.535 e. The number of nitrogens with zero attached hydrogens (tertiary/aromatic N) is 1. The quantitative estimate of drug-likeness (QED) is 0.409. The standard InChI is InChI=1S/C18H26BN3O5S/c1-12(13-9-14(10-13)22-28(24,25)8-4-7-26-3)17-15-5-6-20-18(15)21-11-16(17)27-19(2)23/h5-6,11,13-14,22-23H,1,4,7-10H2,2-3H3,(H,20,21). The van der Waals surface area contributed by atoms with Crippen molar-refractivity contribution in [3.63, 3.8) is 0 Å². The van der Waals surface area contributed by atoms with E-state index in [-0.39, 0.29) is 17.7 Å². The molecule has 2 heterocycles. The number of aromatic nitrogens is 2. The van der Waals surface area contributed by atoms with Crippen molar-refractivity contribution in [3.8, 4) is 5.75 Å². The second-order valence-electron chi connectivity index (χ2n) is 7.13. The van der Waals surface area contributed by atoms with Crippen LogP contribution in [-0.2, 0) is 14.8 Å². The van der Waals surface area contributed by atoms with E-state index in [0.29, 0.717) is 37.3 Å². The summed E-state index contributed by atoms with van der Waals surface area (Å²) in [4.78, 5) is 7.37. The van der Waals surface area contributed by atoms with Gasteiger partial charge in [-0.2, -0.15) is 0 Å². The molecule has 1 aliphatic rings. The number of aromatic amines is 1. The molecule has 0 radical (unpaired) electrons. The number of nitrogens with one attached hydrogen (secondary N) is 2. The van der Waals surface area contributed by atoms with Gasteiger partial charge in [0.1, 0.15) is 11.4 Å². The summed E-state index contributed by atoms with van der Waals surface area (Å²) >= 11 is 0. The minimum Gasteiger partial charge on any atom is -0.535 e. The number of hydrogen-bond donors (Lipinski definition) is 3. The van der Waals surface area contributed by atoms with E-state index in [1.807, 2.05) is 6.07 Å². The lowest BCUT2D eigenvalue weighted by Gasteiger charge is -2.37. The van der Waals surface area contributed by atoms with Crippen molar-refractivity contribution >= 4 is 33.7 Å². The summed E-state index contributed by atoms with van der Waals surface area (Å²) in [5, 5.41) is 10.5. The Balaban J connectivity index is 1.69. The van der Waals surface area contributed by atoms with Crippen molar-refractivity contribution in [1.29, 1.82) is 0 Å². The van der Waals surface area contributed by atoms with Gasteiger partial charge in [0.15, 0.2) is 0 Å². The number of sulfonamides is 1. The number of fused-ring (bicyclic) bond motifs is 1. The maximum atomic E-state index is 12.1. The van der Waals surface area contributed by atoms with Crippen LogP contribution in [0.5, 0.6) is 5.75 Å². The van der Waals surface area contributed by atoms with Crippen LogP contribution < -0.4 is 9.38 Å². The van der Waals surface area contributed by atoms with E-state index < -0.39 is 17.1 Å². The fourth-order valence-corrected chi connectivity index (χ4v) is 4.82. The van der Waals surface area contributed by atoms with Crippen molar-refractivity contribution in [2.75, 3.05) is 19.5 Å². The maximum absolute atomic E-state index is 12.1. The summed E-state index contributed by atoms with van der Waals surface area (Å²) in [6.45, 7) is 6.19. The molecule has 2 aromatic rings. The first-order chi connectivity index (χ1) is 13.3. The van der Waals surface area contributed by atoms with Crippen LogP contribution in [-0.4, -0.2) is 56.0 Å². The van der Waals surface area contributed by atoms with Gasteiger partial charge in [0.05, 0.1) is 11.9 Å². The van der Waals surface area contributed by atoms with Gasteiger partial charge < -0.3 is 19.4 Å². The van der Waals surface area contributed by atoms with Gasteiger partial charge in [0.2, 0.25) is 10.0 Å². The molecule has 0 unspecified atom stereocenters. The molecular weight excluding hydrogens is 381 g/mol. The molecule has 0 atom stereocenters. The van der Waals surface area contributed by atoms with Gasteiger partial charge in [-0.05, 0) is 43.6 Å². The van der Waals surface area contributed by atoms with Gasteiger partial charge >= 0.3 is 7.12 Å². The van der Waals surface area contributed by atoms with Crippen LogP contribution in [0.2, 0.25) is 6.82 Å². The third-order valence-electron chi connectivity index (χ3n) is 4.91. The zero-order valence-corrected chi connectivity index (χ0v) is 17.0. The Morgan fingerprint density at radius 1 is 1.50 bits per heavy atom. The Bertz CT molecular complexity index is 938. The van der Waals surface area contributed by atoms with E-state index in [9.17, 15) is 13.4 Å². The number of ether oxygens (including phenoxy) is 1. The van der Waals surface area contributed by atoms with E-state index >= 15 is 0 Å². The Hall–Kier alpha value is -1.88. The first kappa shape index (κ1) is 20.8. The summed E-state index contributed by atoms with van der Waals surface area (Å²) in [5.41, 5.74) is 2.37. The van der Waals surface area contributed by atoms with Crippen molar-refractivity contribution < 1.29 is 22.8 Å². The number of allylic oxidation sites excluding steroid dienone is 1. The third kappa shape index (κ3) is 4.75. The number of rotatable bonds is 10. The van der Waals surface area contributed by atoms with E-state index in [0.717, 1.165) is 16.5 Å². The van der Waals surface area contributed by atoms with Crippen LogP contribution in [0.4, 0.5) is 0 Å². The van der Waals surface area contributed by atoms with Crippen molar-refractivity contribution in [2.45, 2.75) is 32.1 Å². The molecule has 0 amide bonds. The summed E-state index contributed by atoms with van der Waals surface area (Å²) < 4.78 is 37.4. The van der Waals surface area contributed by atoms with Gasteiger partial charge in [-0.3, -0.25) is 0 Å². The fraction of sp³-hybridized carbons (Fsp3) is 0.500. The molecule has 28 heavy (non-hydrogen) atoms. The van der Waals surface area contributed by atoms with Gasteiger partial charge in [-0.15, -0.1) is 0 Å². The molecule has 1 fully saturated rings. The van der Waals surface area contributed by atoms with E-state index in [1.54, 1.807) is 19.5 Å². The average molecular weight is 407 g/mol. The minimum atomic E-state index is -3.31. The highest BCUT2D eigenvalue weighted by atomic mass is 32.2. The first-order valence-electron chi connectivity index (χ1n) is 9.29. The smallest absolute Gasteiger partial charge is 0.519 e. The molecule has 0 spiro atoms. The van der Waals surface area contributed by atoms with Gasteiger partial charge in [-0.1, -0.05) is 6.58 Å². The Labute approximate surface area is 165 Å². The number of hydrogen-bond acceptors (Lipinski definition) is 6. The van der Waals surface area contributed by atoms with Crippen LogP contribution in [0.25, 0.3) is 16.6 Å². The van der Waals surface area contributed by atoms with Crippen molar-refractivity contribution in [2.24, 2.45) is 5.92 Å².